The topological polar surface area (TPSA) is 111 Å². The molecule has 0 rings (SSSR count). The van der Waals surface area contributed by atoms with E-state index in [2.05, 4.69) is 172 Å². The fraction of sp³-hybridized carbons (Fsp3) is 0.632. The van der Waals surface area contributed by atoms with Crippen LogP contribution in [0, 0.1) is 0 Å². The summed E-state index contributed by atoms with van der Waals surface area (Å²) >= 11 is 0. The van der Waals surface area contributed by atoms with Crippen LogP contribution >= 0.6 is 7.82 Å². The SMILES string of the molecule is CC/C=C\C/C=C\C/C=C\C/C=C\C/C=C\C/C=C\C/C=C\C/C=C\CCCCCCCCC(=O)OC(COC(=O)CCCCCCCCCCCCCCCCC/C=C\C/C=C\C/C=C\C/C=C\C/C=C\CC)COP(=O)([O-])OCC[N+](C)(C)C. The highest BCUT2D eigenvalue weighted by atomic mass is 31.2. The molecule has 0 aromatic heterocycles. The Hall–Kier alpha value is -4.37. The van der Waals surface area contributed by atoms with Gasteiger partial charge in [0.15, 0.2) is 6.10 Å². The monoisotopic (exact) mass is 1210 g/mol. The summed E-state index contributed by atoms with van der Waals surface area (Å²) in [5.41, 5.74) is 0. The van der Waals surface area contributed by atoms with Crippen LogP contribution in [0.3, 0.4) is 0 Å². The summed E-state index contributed by atoms with van der Waals surface area (Å²) in [6.07, 6.45) is 97.4. The van der Waals surface area contributed by atoms with E-state index in [4.69, 9.17) is 18.5 Å². The number of quaternary nitrogens is 1. The molecule has 0 N–H and O–H groups in total. The first-order valence-electron chi connectivity index (χ1n) is 34.2. The van der Waals surface area contributed by atoms with Gasteiger partial charge in [-0.1, -0.05) is 281 Å². The van der Waals surface area contributed by atoms with Gasteiger partial charge in [0.1, 0.15) is 19.8 Å². The maximum absolute atomic E-state index is 12.9. The Labute approximate surface area is 528 Å². The Kier molecular flexibility index (Phi) is 61.8. The van der Waals surface area contributed by atoms with Crippen molar-refractivity contribution in [2.75, 3.05) is 47.5 Å². The third kappa shape index (κ3) is 68.7. The Morgan fingerprint density at radius 1 is 0.360 bits per heavy atom. The third-order valence-electron chi connectivity index (χ3n) is 14.0. The van der Waals surface area contributed by atoms with Gasteiger partial charge in [0.05, 0.1) is 27.7 Å². The Bertz CT molecular complexity index is 2010. The molecule has 10 heteroatoms. The maximum Gasteiger partial charge on any atom is 0.306 e. The molecule has 0 heterocycles. The fourth-order valence-corrected chi connectivity index (χ4v) is 9.60. The van der Waals surface area contributed by atoms with Crippen molar-refractivity contribution in [2.45, 2.75) is 264 Å². The van der Waals surface area contributed by atoms with Gasteiger partial charge in [0, 0.05) is 12.8 Å². The summed E-state index contributed by atoms with van der Waals surface area (Å²) in [7, 11) is 1.14. The molecule has 0 aromatic rings. The van der Waals surface area contributed by atoms with Gasteiger partial charge in [-0.15, -0.1) is 0 Å². The minimum absolute atomic E-state index is 0.0418. The minimum atomic E-state index is -4.66. The van der Waals surface area contributed by atoms with Crippen molar-refractivity contribution in [3.63, 3.8) is 0 Å². The predicted molar refractivity (Wildman–Crippen MR) is 369 cm³/mol. The number of esters is 2. The quantitative estimate of drug-likeness (QED) is 0.0195. The van der Waals surface area contributed by atoms with E-state index < -0.39 is 32.5 Å². The van der Waals surface area contributed by atoms with Crippen molar-refractivity contribution in [3.8, 4) is 0 Å². The molecule has 2 unspecified atom stereocenters. The number of carbonyl (C=O) groups excluding carboxylic acids is 2. The number of ether oxygens (including phenoxy) is 2. The van der Waals surface area contributed by atoms with E-state index in [1.54, 1.807) is 0 Å². The van der Waals surface area contributed by atoms with Crippen LogP contribution in [0.5, 0.6) is 0 Å². The summed E-state index contributed by atoms with van der Waals surface area (Å²) in [5.74, 6) is -0.857. The fourth-order valence-electron chi connectivity index (χ4n) is 8.88. The van der Waals surface area contributed by atoms with E-state index in [9.17, 15) is 19.0 Å². The number of likely N-dealkylation sites (N-methyl/N-ethyl adjacent to an activating group) is 1. The highest BCUT2D eigenvalue weighted by Gasteiger charge is 2.22. The van der Waals surface area contributed by atoms with E-state index in [0.29, 0.717) is 17.4 Å². The van der Waals surface area contributed by atoms with Crippen molar-refractivity contribution in [1.82, 2.24) is 0 Å². The number of hydrogen-bond donors (Lipinski definition) is 0. The van der Waals surface area contributed by atoms with Crippen molar-refractivity contribution >= 4 is 19.8 Å². The zero-order valence-electron chi connectivity index (χ0n) is 55.4. The van der Waals surface area contributed by atoms with Crippen LogP contribution in [0.15, 0.2) is 158 Å². The molecule has 488 valence electrons. The van der Waals surface area contributed by atoms with Crippen molar-refractivity contribution in [3.05, 3.63) is 158 Å². The standard InChI is InChI=1S/C76H126NO8P/c1-6-8-10-12-14-16-18-20-22-24-26-28-30-32-34-36-38-40-42-44-46-48-50-52-54-56-58-60-62-64-66-68-75(78)82-72-74(73-84-86(80,81)83-71-70-77(3,4)5)85-76(79)69-67-65-63-61-59-57-55-53-51-49-47-45-43-41-39-37-35-33-31-29-27-25-23-21-19-17-15-13-11-9-7-2/h8-11,14-17,20-23,26-29,32-35,39,41,45,47,51,53,74H,6-7,12-13,18-19,24-25,30-31,36-38,40,42-44,46,48-50,52,54-73H2,1-5H3/b10-8-,11-9-,16-14-,17-15-,22-20-,23-21-,28-26-,29-27-,34-32-,35-33-,41-39-,47-45-,53-51-. The molecular formula is C76H126NO8P. The number of phosphoric acid groups is 1. The average molecular weight is 1210 g/mol. The number of carbonyl (C=O) groups is 2. The molecule has 0 saturated heterocycles. The van der Waals surface area contributed by atoms with Gasteiger partial charge in [-0.3, -0.25) is 14.2 Å². The summed E-state index contributed by atoms with van der Waals surface area (Å²) in [4.78, 5) is 38.1. The number of phosphoric ester groups is 1. The van der Waals surface area contributed by atoms with Gasteiger partial charge < -0.3 is 27.9 Å². The Balaban J connectivity index is 4.15. The lowest BCUT2D eigenvalue weighted by atomic mass is 10.0. The summed E-state index contributed by atoms with van der Waals surface area (Å²) in [6, 6.07) is 0. The lowest BCUT2D eigenvalue weighted by Gasteiger charge is -2.28. The number of hydrogen-bond acceptors (Lipinski definition) is 8. The van der Waals surface area contributed by atoms with Crippen molar-refractivity contribution in [1.29, 1.82) is 0 Å². The lowest BCUT2D eigenvalue weighted by Crippen LogP contribution is -2.37. The largest absolute Gasteiger partial charge is 0.756 e. The van der Waals surface area contributed by atoms with Crippen molar-refractivity contribution < 1.29 is 42.1 Å². The first-order chi connectivity index (χ1) is 42.0. The molecule has 86 heavy (non-hydrogen) atoms. The minimum Gasteiger partial charge on any atom is -0.756 e. The Morgan fingerprint density at radius 2 is 0.628 bits per heavy atom. The van der Waals surface area contributed by atoms with Gasteiger partial charge in [0.2, 0.25) is 0 Å². The molecule has 0 aliphatic carbocycles. The third-order valence-corrected chi connectivity index (χ3v) is 15.0. The van der Waals surface area contributed by atoms with Crippen LogP contribution in [-0.2, 0) is 32.7 Å². The first-order valence-corrected chi connectivity index (χ1v) is 35.7. The zero-order valence-corrected chi connectivity index (χ0v) is 56.3. The molecular weight excluding hydrogens is 1090 g/mol. The zero-order chi connectivity index (χ0) is 62.6. The molecule has 0 spiro atoms. The normalized spacial score (nSPS) is 14.2. The van der Waals surface area contributed by atoms with E-state index in [1.165, 1.54) is 83.5 Å². The second-order valence-electron chi connectivity index (χ2n) is 23.4. The summed E-state index contributed by atoms with van der Waals surface area (Å²) in [6.45, 7) is 3.99. The van der Waals surface area contributed by atoms with E-state index >= 15 is 0 Å². The van der Waals surface area contributed by atoms with Crippen molar-refractivity contribution in [2.24, 2.45) is 0 Å². The summed E-state index contributed by atoms with van der Waals surface area (Å²) < 4.78 is 34.3. The van der Waals surface area contributed by atoms with Gasteiger partial charge >= 0.3 is 11.9 Å². The van der Waals surface area contributed by atoms with Crippen LogP contribution in [-0.4, -0.2) is 70.0 Å². The van der Waals surface area contributed by atoms with Crippen LogP contribution < -0.4 is 4.89 Å². The molecule has 0 saturated carbocycles. The molecule has 0 amide bonds. The smallest absolute Gasteiger partial charge is 0.306 e. The maximum atomic E-state index is 12.9. The van der Waals surface area contributed by atoms with Crippen LogP contribution in [0.4, 0.5) is 0 Å². The molecule has 0 aliphatic heterocycles. The highest BCUT2D eigenvalue weighted by Crippen LogP contribution is 2.38. The van der Waals surface area contributed by atoms with E-state index in [-0.39, 0.29) is 26.1 Å². The first kappa shape index (κ1) is 81.6. The Morgan fingerprint density at radius 3 is 0.930 bits per heavy atom. The number of rotatable bonds is 61. The predicted octanol–water partition coefficient (Wildman–Crippen LogP) is 21.7. The van der Waals surface area contributed by atoms with Gasteiger partial charge in [-0.25, -0.2) is 0 Å². The van der Waals surface area contributed by atoms with Crippen LogP contribution in [0.2, 0.25) is 0 Å². The average Bonchev–Trinajstić information content (AvgIpc) is 3.56. The molecule has 0 radical (unpaired) electrons. The van der Waals surface area contributed by atoms with Gasteiger partial charge in [-0.05, 0) is 122 Å². The summed E-state index contributed by atoms with van der Waals surface area (Å²) in [5, 5.41) is 0. The number of allylic oxidation sites excluding steroid dienone is 26. The molecule has 2 atom stereocenters. The van der Waals surface area contributed by atoms with Crippen LogP contribution in [0.1, 0.15) is 258 Å². The molecule has 0 aromatic carbocycles. The molecule has 0 fully saturated rings. The van der Waals surface area contributed by atoms with Gasteiger partial charge in [-0.2, -0.15) is 0 Å². The second kappa shape index (κ2) is 65.1. The number of nitrogens with zero attached hydrogens (tertiary/aromatic N) is 1. The van der Waals surface area contributed by atoms with E-state index in [0.717, 1.165) is 141 Å². The molecule has 0 aliphatic rings. The molecule has 9 nitrogen and oxygen atoms in total. The van der Waals surface area contributed by atoms with E-state index in [1.807, 2.05) is 21.1 Å². The van der Waals surface area contributed by atoms with Crippen LogP contribution in [0.25, 0.3) is 0 Å². The number of unbranched alkanes of at least 4 members (excludes halogenated alkanes) is 21. The van der Waals surface area contributed by atoms with Gasteiger partial charge in [0.25, 0.3) is 7.82 Å². The second-order valence-corrected chi connectivity index (χ2v) is 24.8. The lowest BCUT2D eigenvalue weighted by molar-refractivity contribution is -0.870. The molecule has 0 bridgehead atoms. The highest BCUT2D eigenvalue weighted by molar-refractivity contribution is 7.45.